The molecule has 2 nitrogen and oxygen atoms in total. The van der Waals surface area contributed by atoms with Gasteiger partial charge < -0.3 is 10.6 Å². The van der Waals surface area contributed by atoms with Crippen molar-refractivity contribution in [3.8, 4) is 0 Å². The van der Waals surface area contributed by atoms with Crippen LogP contribution in [0, 0.1) is 0 Å². The number of alkyl halides is 2. The summed E-state index contributed by atoms with van der Waals surface area (Å²) in [5.74, 6) is 0. The molecule has 0 saturated carbocycles. The van der Waals surface area contributed by atoms with Gasteiger partial charge in [-0.05, 0) is 94.7 Å². The summed E-state index contributed by atoms with van der Waals surface area (Å²) >= 11 is 3.45. The quantitative estimate of drug-likeness (QED) is 0.216. The molecule has 2 aromatic heterocycles. The van der Waals surface area contributed by atoms with Crippen LogP contribution in [0.4, 0.5) is 8.78 Å². The fraction of sp³-hybridized carbons (Fsp3) is 0.286. The lowest BCUT2D eigenvalue weighted by atomic mass is 9.97. The molecular formula is C28H30F2N2S2. The fourth-order valence-corrected chi connectivity index (χ4v) is 6.05. The number of fused-ring (bicyclic) bond motifs is 2. The summed E-state index contributed by atoms with van der Waals surface area (Å²) in [6.45, 7) is 8.15. The van der Waals surface area contributed by atoms with Gasteiger partial charge in [-0.1, -0.05) is 25.3 Å². The van der Waals surface area contributed by atoms with E-state index in [0.29, 0.717) is 13.0 Å². The van der Waals surface area contributed by atoms with Crippen molar-refractivity contribution >= 4 is 54.0 Å². The second kappa shape index (κ2) is 11.4. The Morgan fingerprint density at radius 3 is 2.32 bits per heavy atom. The van der Waals surface area contributed by atoms with Crippen molar-refractivity contribution in [1.29, 1.82) is 0 Å². The summed E-state index contributed by atoms with van der Waals surface area (Å²) in [7, 11) is 1.83. The summed E-state index contributed by atoms with van der Waals surface area (Å²) in [6, 6.07) is 16.3. The summed E-state index contributed by atoms with van der Waals surface area (Å²) in [5, 5.41) is 10.9. The average Bonchev–Trinajstić information content (AvgIpc) is 3.49. The van der Waals surface area contributed by atoms with Gasteiger partial charge in [0, 0.05) is 26.9 Å². The van der Waals surface area contributed by atoms with Crippen LogP contribution in [0.3, 0.4) is 0 Å². The molecule has 0 fully saturated rings. The van der Waals surface area contributed by atoms with Crippen LogP contribution in [0.15, 0.2) is 67.1 Å². The van der Waals surface area contributed by atoms with Crippen molar-refractivity contribution in [3.05, 3.63) is 83.1 Å². The van der Waals surface area contributed by atoms with E-state index in [0.717, 1.165) is 34.1 Å². The van der Waals surface area contributed by atoms with Gasteiger partial charge in [0.15, 0.2) is 0 Å². The van der Waals surface area contributed by atoms with Gasteiger partial charge in [0.05, 0.1) is 12.7 Å². The van der Waals surface area contributed by atoms with Crippen LogP contribution < -0.4 is 10.6 Å². The van der Waals surface area contributed by atoms with E-state index in [2.05, 4.69) is 71.6 Å². The maximum atomic E-state index is 13.9. The lowest BCUT2D eigenvalue weighted by Crippen LogP contribution is -2.33. The van der Waals surface area contributed by atoms with E-state index in [-0.39, 0.29) is 12.7 Å². The first-order valence-electron chi connectivity index (χ1n) is 11.4. The number of hydrogen-bond acceptors (Lipinski definition) is 4. The van der Waals surface area contributed by atoms with Crippen LogP contribution in [-0.4, -0.2) is 39.0 Å². The second-order valence-corrected chi connectivity index (χ2v) is 10.5. The molecule has 2 N–H and O–H groups in total. The van der Waals surface area contributed by atoms with Crippen molar-refractivity contribution in [1.82, 2.24) is 10.6 Å². The Morgan fingerprint density at radius 1 is 0.912 bits per heavy atom. The molecular weight excluding hydrogens is 466 g/mol. The minimum absolute atomic E-state index is 0.0732. The van der Waals surface area contributed by atoms with Crippen LogP contribution in [0.5, 0.6) is 0 Å². The molecule has 0 amide bonds. The third kappa shape index (κ3) is 5.47. The predicted octanol–water partition coefficient (Wildman–Crippen LogP) is 7.26. The summed E-state index contributed by atoms with van der Waals surface area (Å²) < 4.78 is 29.1. The van der Waals surface area contributed by atoms with Gasteiger partial charge in [-0.15, -0.1) is 22.7 Å². The Kier molecular flexibility index (Phi) is 8.27. The van der Waals surface area contributed by atoms with Crippen molar-refractivity contribution in [2.45, 2.75) is 24.9 Å². The number of hydrogen-bond donors (Lipinski definition) is 2. The summed E-state index contributed by atoms with van der Waals surface area (Å²) in [4.78, 5) is 1.24. The number of thiophene rings is 2. The zero-order chi connectivity index (χ0) is 24.1. The number of nitrogens with one attached hydrogen (secondary N) is 2. The highest BCUT2D eigenvalue weighted by molar-refractivity contribution is 7.19. The largest absolute Gasteiger partial charge is 0.313 e. The van der Waals surface area contributed by atoms with Gasteiger partial charge in [-0.2, -0.15) is 0 Å². The fourth-order valence-electron chi connectivity index (χ4n) is 4.23. The number of rotatable bonds is 12. The highest BCUT2D eigenvalue weighted by Crippen LogP contribution is 2.30. The van der Waals surface area contributed by atoms with E-state index in [1.807, 2.05) is 13.1 Å². The molecule has 2 atom stereocenters. The first-order valence-corrected chi connectivity index (χ1v) is 13.1. The molecule has 2 aromatic carbocycles. The lowest BCUT2D eigenvalue weighted by molar-refractivity contribution is 0.425. The molecule has 4 rings (SSSR count). The van der Waals surface area contributed by atoms with Crippen molar-refractivity contribution < 1.29 is 8.78 Å². The monoisotopic (exact) mass is 496 g/mol. The third-order valence-electron chi connectivity index (χ3n) is 6.27. The topological polar surface area (TPSA) is 24.1 Å². The molecule has 0 aliphatic carbocycles. The molecule has 178 valence electrons. The molecule has 0 aliphatic rings. The molecule has 2 unspecified atom stereocenters. The zero-order valence-electron chi connectivity index (χ0n) is 19.4. The molecule has 0 saturated heterocycles. The first kappa shape index (κ1) is 24.7. The van der Waals surface area contributed by atoms with Gasteiger partial charge >= 0.3 is 0 Å². The second-order valence-electron chi connectivity index (χ2n) is 8.42. The minimum Gasteiger partial charge on any atom is -0.313 e. The van der Waals surface area contributed by atoms with Gasteiger partial charge in [-0.25, -0.2) is 4.39 Å². The van der Waals surface area contributed by atoms with E-state index in [1.165, 1.54) is 19.7 Å². The van der Waals surface area contributed by atoms with Crippen molar-refractivity contribution in [3.63, 3.8) is 0 Å². The smallest absolute Gasteiger partial charge is 0.109 e. The Hall–Kier alpha value is -2.38. The van der Waals surface area contributed by atoms with E-state index in [1.54, 1.807) is 22.7 Å². The first-order chi connectivity index (χ1) is 16.5. The van der Waals surface area contributed by atoms with E-state index < -0.39 is 12.7 Å². The van der Waals surface area contributed by atoms with E-state index in [9.17, 15) is 8.78 Å². The lowest BCUT2D eigenvalue weighted by Gasteiger charge is -2.18. The molecule has 4 aromatic rings. The Balaban J connectivity index is 1.39. The molecule has 0 bridgehead atoms. The highest BCUT2D eigenvalue weighted by atomic mass is 32.1. The molecule has 0 aliphatic heterocycles. The zero-order valence-corrected chi connectivity index (χ0v) is 21.0. The molecule has 0 spiro atoms. The van der Waals surface area contributed by atoms with Crippen LogP contribution in [0.1, 0.15) is 22.4 Å². The van der Waals surface area contributed by atoms with Gasteiger partial charge in [0.1, 0.15) is 6.67 Å². The number of benzene rings is 2. The summed E-state index contributed by atoms with van der Waals surface area (Å²) in [5.41, 5.74) is 3.69. The number of likely N-dealkylation sites (N-methyl/N-ethyl adjacent to an activating group) is 1. The minimum atomic E-state index is -0.496. The van der Waals surface area contributed by atoms with Gasteiger partial charge in [-0.3, -0.25) is 4.39 Å². The van der Waals surface area contributed by atoms with Crippen LogP contribution in [0.25, 0.3) is 31.3 Å². The van der Waals surface area contributed by atoms with Crippen molar-refractivity contribution in [2.24, 2.45) is 0 Å². The summed E-state index contributed by atoms with van der Waals surface area (Å²) in [6.07, 6.45) is 1.22. The van der Waals surface area contributed by atoms with E-state index >= 15 is 0 Å². The van der Waals surface area contributed by atoms with Gasteiger partial charge in [0.2, 0.25) is 0 Å². The standard InChI is InChI=1S/C28H30F2N2S2/c1-18(25(31-3)8-11-29)21-5-7-28-23(15-21)16-24(34-28)9-12-32-26(17-30)19(2)20-4-6-27-22(14-20)10-13-33-27/h4-7,10,13-16,25-26,31-32H,1-2,8-9,11-12,17H2,3H3. The Labute approximate surface area is 208 Å². The average molecular weight is 497 g/mol. The SMILES string of the molecule is C=C(c1ccc2sc(CCNC(CF)C(=C)c3ccc4sccc4c3)cc2c1)C(CCF)NC. The molecule has 0 radical (unpaired) electrons. The van der Waals surface area contributed by atoms with Crippen LogP contribution in [-0.2, 0) is 6.42 Å². The Morgan fingerprint density at radius 2 is 1.62 bits per heavy atom. The maximum Gasteiger partial charge on any atom is 0.109 e. The molecule has 6 heteroatoms. The normalized spacial score (nSPS) is 13.4. The van der Waals surface area contributed by atoms with E-state index in [4.69, 9.17) is 0 Å². The highest BCUT2D eigenvalue weighted by Gasteiger charge is 2.16. The third-order valence-corrected chi connectivity index (χ3v) is 8.34. The maximum absolute atomic E-state index is 13.9. The molecule has 34 heavy (non-hydrogen) atoms. The van der Waals surface area contributed by atoms with Crippen LogP contribution >= 0.6 is 22.7 Å². The van der Waals surface area contributed by atoms with Crippen LogP contribution in [0.2, 0.25) is 0 Å². The molecule has 2 heterocycles. The Bertz CT molecular complexity index is 1290. The predicted molar refractivity (Wildman–Crippen MR) is 147 cm³/mol. The number of halogens is 2. The van der Waals surface area contributed by atoms with Crippen molar-refractivity contribution in [2.75, 3.05) is 26.9 Å². The van der Waals surface area contributed by atoms with Gasteiger partial charge in [0.25, 0.3) is 0 Å².